The summed E-state index contributed by atoms with van der Waals surface area (Å²) < 4.78 is 10.3. The van der Waals surface area contributed by atoms with Crippen molar-refractivity contribution in [1.29, 1.82) is 0 Å². The van der Waals surface area contributed by atoms with Crippen LogP contribution in [-0.2, 0) is 4.74 Å². The number of aromatic nitrogens is 2. The summed E-state index contributed by atoms with van der Waals surface area (Å²) in [4.78, 5) is 4.33. The molecular weight excluding hydrogens is 214 g/mol. The van der Waals surface area contributed by atoms with Crippen LogP contribution in [0.15, 0.2) is 4.52 Å². The zero-order valence-electron chi connectivity index (χ0n) is 8.90. The molecule has 1 saturated heterocycles. The van der Waals surface area contributed by atoms with Crippen LogP contribution < -0.4 is 5.32 Å². The summed E-state index contributed by atoms with van der Waals surface area (Å²) >= 11 is 1.90. The minimum atomic E-state index is -0.112. The van der Waals surface area contributed by atoms with Gasteiger partial charge in [0.15, 0.2) is 5.82 Å². The normalized spacial score (nSPS) is 24.0. The van der Waals surface area contributed by atoms with Crippen molar-refractivity contribution in [3.63, 3.8) is 0 Å². The largest absolute Gasteiger partial charge is 0.374 e. The topological polar surface area (TPSA) is 60.2 Å². The molecule has 2 heterocycles. The van der Waals surface area contributed by atoms with Crippen molar-refractivity contribution in [2.75, 3.05) is 25.2 Å². The molecule has 1 aromatic rings. The third-order valence-corrected chi connectivity index (χ3v) is 3.46. The van der Waals surface area contributed by atoms with Gasteiger partial charge >= 0.3 is 0 Å². The first-order chi connectivity index (χ1) is 7.31. The molecule has 15 heavy (non-hydrogen) atoms. The average Bonchev–Trinajstić information content (AvgIpc) is 2.78. The summed E-state index contributed by atoms with van der Waals surface area (Å²) in [5.74, 6) is 3.42. The number of nitrogens with one attached hydrogen (secondary N) is 1. The van der Waals surface area contributed by atoms with Crippen molar-refractivity contribution in [3.8, 4) is 0 Å². The Morgan fingerprint density at radius 2 is 2.53 bits per heavy atom. The van der Waals surface area contributed by atoms with Crippen molar-refractivity contribution in [3.05, 3.63) is 11.7 Å². The standard InChI is InChI=1S/C9H15N3O2S/c1-6(13-2)8-11-9(14-12-8)7-5-15-4-3-10-7/h6-7,10H,3-5H2,1-2H3. The first-order valence-electron chi connectivity index (χ1n) is 4.98. The first kappa shape index (κ1) is 10.9. The minimum Gasteiger partial charge on any atom is -0.374 e. The molecule has 1 aliphatic heterocycles. The van der Waals surface area contributed by atoms with Gasteiger partial charge in [-0.3, -0.25) is 0 Å². The lowest BCUT2D eigenvalue weighted by molar-refractivity contribution is 0.109. The Balaban J connectivity index is 2.05. The molecule has 0 saturated carbocycles. The van der Waals surface area contributed by atoms with Gasteiger partial charge in [-0.05, 0) is 6.92 Å². The second-order valence-electron chi connectivity index (χ2n) is 3.45. The molecule has 0 amide bonds. The van der Waals surface area contributed by atoms with Gasteiger partial charge in [0.1, 0.15) is 6.10 Å². The molecule has 5 nitrogen and oxygen atoms in total. The van der Waals surface area contributed by atoms with E-state index in [0.717, 1.165) is 18.1 Å². The minimum absolute atomic E-state index is 0.112. The summed E-state index contributed by atoms with van der Waals surface area (Å²) in [6.45, 7) is 2.89. The van der Waals surface area contributed by atoms with Gasteiger partial charge in [-0.1, -0.05) is 5.16 Å². The molecule has 2 rings (SSSR count). The molecule has 0 aliphatic carbocycles. The van der Waals surface area contributed by atoms with Gasteiger partial charge in [-0.15, -0.1) is 0 Å². The molecule has 1 aromatic heterocycles. The molecular formula is C9H15N3O2S. The van der Waals surface area contributed by atoms with E-state index in [0.29, 0.717) is 11.7 Å². The quantitative estimate of drug-likeness (QED) is 0.839. The molecule has 6 heteroatoms. The van der Waals surface area contributed by atoms with Gasteiger partial charge in [0, 0.05) is 25.2 Å². The highest BCUT2D eigenvalue weighted by atomic mass is 32.2. The summed E-state index contributed by atoms with van der Waals surface area (Å²) in [6.07, 6.45) is -0.112. The lowest BCUT2D eigenvalue weighted by atomic mass is 10.3. The van der Waals surface area contributed by atoms with Gasteiger partial charge < -0.3 is 14.6 Å². The number of hydrogen-bond acceptors (Lipinski definition) is 6. The van der Waals surface area contributed by atoms with Gasteiger partial charge in [-0.2, -0.15) is 16.7 Å². The van der Waals surface area contributed by atoms with Crippen molar-refractivity contribution in [2.45, 2.75) is 19.1 Å². The van der Waals surface area contributed by atoms with Gasteiger partial charge in [0.05, 0.1) is 6.04 Å². The van der Waals surface area contributed by atoms with E-state index in [4.69, 9.17) is 9.26 Å². The van der Waals surface area contributed by atoms with Gasteiger partial charge in [-0.25, -0.2) is 0 Å². The van der Waals surface area contributed by atoms with Crippen molar-refractivity contribution in [1.82, 2.24) is 15.5 Å². The van der Waals surface area contributed by atoms with Crippen LogP contribution in [0, 0.1) is 0 Å². The Bertz CT molecular complexity index is 312. The van der Waals surface area contributed by atoms with Gasteiger partial charge in [0.25, 0.3) is 0 Å². The fourth-order valence-electron chi connectivity index (χ4n) is 1.38. The molecule has 84 valence electrons. The van der Waals surface area contributed by atoms with Crippen LogP contribution in [0.1, 0.15) is 30.8 Å². The van der Waals surface area contributed by atoms with Crippen LogP contribution in [0.25, 0.3) is 0 Å². The fourth-order valence-corrected chi connectivity index (χ4v) is 2.31. The number of nitrogens with zero attached hydrogens (tertiary/aromatic N) is 2. The van der Waals surface area contributed by atoms with E-state index < -0.39 is 0 Å². The lowest BCUT2D eigenvalue weighted by Crippen LogP contribution is -2.30. The average molecular weight is 229 g/mol. The fraction of sp³-hybridized carbons (Fsp3) is 0.778. The maximum Gasteiger partial charge on any atom is 0.244 e. The van der Waals surface area contributed by atoms with Crippen molar-refractivity contribution in [2.24, 2.45) is 0 Å². The summed E-state index contributed by atoms with van der Waals surface area (Å²) in [5, 5.41) is 7.25. The maximum atomic E-state index is 5.21. The van der Waals surface area contributed by atoms with E-state index in [-0.39, 0.29) is 12.1 Å². The molecule has 0 spiro atoms. The van der Waals surface area contributed by atoms with Crippen LogP contribution in [0.4, 0.5) is 0 Å². The molecule has 0 aromatic carbocycles. The summed E-state index contributed by atoms with van der Waals surface area (Å²) in [6, 6.07) is 0.189. The molecule has 1 fully saturated rings. The zero-order chi connectivity index (χ0) is 10.7. The molecule has 0 radical (unpaired) electrons. The lowest BCUT2D eigenvalue weighted by Gasteiger charge is -2.19. The highest BCUT2D eigenvalue weighted by Gasteiger charge is 2.22. The van der Waals surface area contributed by atoms with E-state index in [1.807, 2.05) is 18.7 Å². The predicted molar refractivity (Wildman–Crippen MR) is 57.8 cm³/mol. The van der Waals surface area contributed by atoms with E-state index in [1.54, 1.807) is 7.11 Å². The smallest absolute Gasteiger partial charge is 0.244 e. The summed E-state index contributed by atoms with van der Waals surface area (Å²) in [5.41, 5.74) is 0. The van der Waals surface area contributed by atoms with Crippen LogP contribution in [0.2, 0.25) is 0 Å². The Kier molecular flexibility index (Phi) is 3.61. The van der Waals surface area contributed by atoms with Crippen LogP contribution in [-0.4, -0.2) is 35.3 Å². The second-order valence-corrected chi connectivity index (χ2v) is 4.60. The maximum absolute atomic E-state index is 5.21. The van der Waals surface area contributed by atoms with E-state index in [2.05, 4.69) is 15.5 Å². The number of hydrogen-bond donors (Lipinski definition) is 1. The SMILES string of the molecule is COC(C)c1noc(C2CSCCN2)n1. The van der Waals surface area contributed by atoms with E-state index in [1.165, 1.54) is 0 Å². The Labute approximate surface area is 93.0 Å². The number of methoxy groups -OCH3 is 1. The molecule has 0 bridgehead atoms. The highest BCUT2D eigenvalue weighted by molar-refractivity contribution is 7.99. The Hall–Kier alpha value is -0.590. The van der Waals surface area contributed by atoms with E-state index >= 15 is 0 Å². The Morgan fingerprint density at radius 3 is 3.20 bits per heavy atom. The van der Waals surface area contributed by atoms with E-state index in [9.17, 15) is 0 Å². The second kappa shape index (κ2) is 4.96. The molecule has 1 aliphatic rings. The predicted octanol–water partition coefficient (Wildman–Crippen LogP) is 1.15. The summed E-state index contributed by atoms with van der Waals surface area (Å²) in [7, 11) is 1.63. The first-order valence-corrected chi connectivity index (χ1v) is 6.14. The zero-order valence-corrected chi connectivity index (χ0v) is 9.71. The molecule has 2 atom stereocenters. The third-order valence-electron chi connectivity index (χ3n) is 2.39. The molecule has 1 N–H and O–H groups in total. The molecule has 2 unspecified atom stereocenters. The van der Waals surface area contributed by atoms with Gasteiger partial charge in [0.2, 0.25) is 5.89 Å². The Morgan fingerprint density at radius 1 is 1.67 bits per heavy atom. The third kappa shape index (κ3) is 2.50. The van der Waals surface area contributed by atoms with Crippen LogP contribution >= 0.6 is 11.8 Å². The number of thioether (sulfide) groups is 1. The number of ether oxygens (including phenoxy) is 1. The highest BCUT2D eigenvalue weighted by Crippen LogP contribution is 2.22. The monoisotopic (exact) mass is 229 g/mol. The van der Waals surface area contributed by atoms with Crippen LogP contribution in [0.5, 0.6) is 0 Å². The number of rotatable bonds is 3. The van der Waals surface area contributed by atoms with Crippen LogP contribution in [0.3, 0.4) is 0 Å². The van der Waals surface area contributed by atoms with Crippen molar-refractivity contribution >= 4 is 11.8 Å². The van der Waals surface area contributed by atoms with Crippen molar-refractivity contribution < 1.29 is 9.26 Å².